The number of carbonyl (C=O) groups excluding carboxylic acids is 4. The second-order valence-electron chi connectivity index (χ2n) is 16.9. The first-order chi connectivity index (χ1) is 29.1. The fraction of sp³-hybridized carbons (Fsp3) is 0.500. The van der Waals surface area contributed by atoms with E-state index in [0.717, 1.165) is 103 Å². The molecule has 3 saturated heterocycles. The van der Waals surface area contributed by atoms with E-state index in [1.807, 2.05) is 29.8 Å². The number of carbonyl (C=O) groups is 4. The zero-order valence-electron chi connectivity index (χ0n) is 35.1. The number of benzene rings is 2. The molecule has 318 valence electrons. The van der Waals surface area contributed by atoms with Crippen LogP contribution < -0.4 is 10.6 Å². The van der Waals surface area contributed by atoms with Crippen molar-refractivity contribution in [2.24, 2.45) is 11.8 Å². The Hall–Kier alpha value is -5.63. The van der Waals surface area contributed by atoms with Gasteiger partial charge in [-0.05, 0) is 103 Å². The van der Waals surface area contributed by atoms with E-state index < -0.39 is 24.3 Å². The summed E-state index contributed by atoms with van der Waals surface area (Å²) in [6.45, 7) is 6.23. The fourth-order valence-corrected chi connectivity index (χ4v) is 9.78. The first-order valence-electron chi connectivity index (χ1n) is 21.5. The summed E-state index contributed by atoms with van der Waals surface area (Å²) in [5, 5.41) is 5.59. The molecule has 2 aromatic heterocycles. The summed E-state index contributed by atoms with van der Waals surface area (Å²) in [5.74, 6) is 0.454. The maximum Gasteiger partial charge on any atom is 0.407 e. The molecular formula is C46H57N7O7. The highest BCUT2D eigenvalue weighted by atomic mass is 16.5. The third-order valence-electron chi connectivity index (χ3n) is 13.0. The normalized spacial score (nSPS) is 20.2. The average molecular weight is 820 g/mol. The second kappa shape index (κ2) is 17.9. The van der Waals surface area contributed by atoms with Gasteiger partial charge in [-0.2, -0.15) is 0 Å². The third-order valence-corrected chi connectivity index (χ3v) is 13.0. The number of amides is 4. The molecule has 14 nitrogen and oxygen atoms in total. The topological polar surface area (TPSA) is 171 Å². The molecule has 4 amide bonds. The van der Waals surface area contributed by atoms with Crippen molar-refractivity contribution in [1.82, 2.24) is 35.4 Å². The molecule has 8 rings (SSSR count). The van der Waals surface area contributed by atoms with Gasteiger partial charge in [0, 0.05) is 37.7 Å². The molecule has 5 heterocycles. The molecule has 0 saturated carbocycles. The number of hydrogen-bond donors (Lipinski definition) is 4. The molecule has 4 aliphatic rings. The van der Waals surface area contributed by atoms with Crippen molar-refractivity contribution in [3.8, 4) is 33.6 Å². The first-order valence-corrected chi connectivity index (χ1v) is 21.5. The van der Waals surface area contributed by atoms with Gasteiger partial charge in [0.1, 0.15) is 17.9 Å². The Labute approximate surface area is 351 Å². The minimum Gasteiger partial charge on any atom is -0.453 e. The number of aromatic amines is 2. The average Bonchev–Trinajstić information content (AvgIpc) is 4.13. The van der Waals surface area contributed by atoms with E-state index in [0.29, 0.717) is 26.3 Å². The maximum atomic E-state index is 14.3. The molecule has 3 unspecified atom stereocenters. The SMILES string of the molecule is COC(=O)NC(C(=O)N1CCC[C@H]1c1ncc(-c2ccc(-c3ccc(-c4[nH]c(C5CCCN5C(=O)C(NC(=O)OC)C5CCOCC5)c5c4CCC5)cc3)cc2)[nH]1)C(C)C. The zero-order valence-corrected chi connectivity index (χ0v) is 35.1. The van der Waals surface area contributed by atoms with E-state index in [1.165, 1.54) is 25.3 Å². The summed E-state index contributed by atoms with van der Waals surface area (Å²) in [7, 11) is 2.63. The van der Waals surface area contributed by atoms with E-state index in [2.05, 4.69) is 69.1 Å². The number of ether oxygens (including phenoxy) is 3. The van der Waals surface area contributed by atoms with Crippen molar-refractivity contribution in [3.63, 3.8) is 0 Å². The van der Waals surface area contributed by atoms with Crippen molar-refractivity contribution < 1.29 is 33.4 Å². The third kappa shape index (κ3) is 8.26. The summed E-state index contributed by atoms with van der Waals surface area (Å²) < 4.78 is 15.3. The lowest BCUT2D eigenvalue weighted by atomic mass is 9.90. The Morgan fingerprint density at radius 3 is 1.95 bits per heavy atom. The highest BCUT2D eigenvalue weighted by Crippen LogP contribution is 2.43. The van der Waals surface area contributed by atoms with Gasteiger partial charge < -0.3 is 44.6 Å². The van der Waals surface area contributed by atoms with Gasteiger partial charge >= 0.3 is 12.2 Å². The highest BCUT2D eigenvalue weighted by molar-refractivity contribution is 5.87. The predicted molar refractivity (Wildman–Crippen MR) is 226 cm³/mol. The Morgan fingerprint density at radius 1 is 0.717 bits per heavy atom. The minimum absolute atomic E-state index is 0.000884. The second-order valence-corrected chi connectivity index (χ2v) is 16.9. The van der Waals surface area contributed by atoms with Crippen molar-refractivity contribution in [1.29, 1.82) is 0 Å². The Morgan fingerprint density at radius 2 is 1.30 bits per heavy atom. The largest absolute Gasteiger partial charge is 0.453 e. The van der Waals surface area contributed by atoms with E-state index in [-0.39, 0.29) is 35.7 Å². The van der Waals surface area contributed by atoms with Crippen molar-refractivity contribution >= 4 is 24.0 Å². The Kier molecular flexibility index (Phi) is 12.3. The van der Waals surface area contributed by atoms with E-state index >= 15 is 0 Å². The van der Waals surface area contributed by atoms with E-state index in [4.69, 9.17) is 19.2 Å². The molecule has 60 heavy (non-hydrogen) atoms. The number of aromatic nitrogens is 3. The lowest BCUT2D eigenvalue weighted by Gasteiger charge is -2.34. The van der Waals surface area contributed by atoms with Crippen LogP contribution in [-0.4, -0.2) is 101 Å². The van der Waals surface area contributed by atoms with Gasteiger partial charge in [-0.15, -0.1) is 0 Å². The van der Waals surface area contributed by atoms with Crippen LogP contribution in [0, 0.1) is 11.8 Å². The summed E-state index contributed by atoms with van der Waals surface area (Å²) >= 11 is 0. The molecule has 4 aromatic rings. The van der Waals surface area contributed by atoms with E-state index in [9.17, 15) is 19.2 Å². The van der Waals surface area contributed by atoms with Crippen LogP contribution in [0.3, 0.4) is 0 Å². The maximum absolute atomic E-state index is 14.3. The lowest BCUT2D eigenvalue weighted by molar-refractivity contribution is -0.137. The van der Waals surface area contributed by atoms with Crippen molar-refractivity contribution in [2.75, 3.05) is 40.5 Å². The number of rotatable bonds is 11. The van der Waals surface area contributed by atoms with Crippen LogP contribution in [0.2, 0.25) is 0 Å². The molecule has 14 heteroatoms. The van der Waals surface area contributed by atoms with Crippen molar-refractivity contribution in [3.05, 3.63) is 77.4 Å². The van der Waals surface area contributed by atoms with Gasteiger partial charge in [-0.25, -0.2) is 14.6 Å². The number of fused-ring (bicyclic) bond motifs is 1. The molecule has 0 radical (unpaired) electrons. The zero-order chi connectivity index (χ0) is 41.9. The molecule has 0 spiro atoms. The highest BCUT2D eigenvalue weighted by Gasteiger charge is 2.42. The number of methoxy groups -OCH3 is 2. The number of H-pyrrole nitrogens is 2. The minimum atomic E-state index is -0.685. The van der Waals surface area contributed by atoms with Crippen LogP contribution in [0.25, 0.3) is 33.6 Å². The molecule has 4 atom stereocenters. The molecule has 1 aliphatic carbocycles. The van der Waals surface area contributed by atoms with Crippen LogP contribution >= 0.6 is 0 Å². The van der Waals surface area contributed by atoms with Gasteiger partial charge in [-0.1, -0.05) is 62.4 Å². The number of hydrogen-bond acceptors (Lipinski definition) is 8. The lowest BCUT2D eigenvalue weighted by Crippen LogP contribution is -2.53. The molecule has 4 N–H and O–H groups in total. The summed E-state index contributed by atoms with van der Waals surface area (Å²) in [6.07, 6.45) is 8.54. The van der Waals surface area contributed by atoms with E-state index in [1.54, 1.807) is 0 Å². The van der Waals surface area contributed by atoms with Gasteiger partial charge in [-0.3, -0.25) is 9.59 Å². The fourth-order valence-electron chi connectivity index (χ4n) is 9.78. The van der Waals surface area contributed by atoms with Gasteiger partial charge in [0.15, 0.2) is 0 Å². The van der Waals surface area contributed by atoms with Crippen LogP contribution in [0.5, 0.6) is 0 Å². The van der Waals surface area contributed by atoms with Gasteiger partial charge in [0.2, 0.25) is 11.8 Å². The molecule has 2 aromatic carbocycles. The number of nitrogens with one attached hydrogen (secondary N) is 4. The first kappa shape index (κ1) is 41.1. The summed E-state index contributed by atoms with van der Waals surface area (Å²) in [6, 6.07) is 15.5. The monoisotopic (exact) mass is 819 g/mol. The van der Waals surface area contributed by atoms with Gasteiger partial charge in [0.25, 0.3) is 0 Å². The van der Waals surface area contributed by atoms with Crippen LogP contribution in [0.1, 0.15) is 93.5 Å². The van der Waals surface area contributed by atoms with Crippen molar-refractivity contribution in [2.45, 2.75) is 95.8 Å². The van der Waals surface area contributed by atoms with Crippen LogP contribution in [-0.2, 0) is 36.6 Å². The summed E-state index contributed by atoms with van der Waals surface area (Å²) in [5.41, 5.74) is 10.1. The molecular weight excluding hydrogens is 763 g/mol. The van der Waals surface area contributed by atoms with Gasteiger partial charge in [0.05, 0.1) is 38.2 Å². The quantitative estimate of drug-likeness (QED) is 0.124. The molecule has 0 bridgehead atoms. The summed E-state index contributed by atoms with van der Waals surface area (Å²) in [4.78, 5) is 68.1. The Balaban J connectivity index is 0.964. The number of alkyl carbamates (subject to hydrolysis) is 2. The standard InChI is InChI=1S/C46H57N7O7/c1-27(2)38(50-45(56)58-3)43(54)53-23-7-11-37(53)42-47-26-35(48-42)30-16-12-28(13-17-30)29-14-18-31(19-15-29)39-33-8-5-9-34(33)41(49-39)36-10-6-22-52(36)44(55)40(51-46(57)59-4)32-20-24-60-25-21-32/h12-19,26-27,32,36-38,40,49H,5-11,20-25H2,1-4H3,(H,47,48)(H,50,56)(H,51,57)/t36?,37-,38?,40?/m0/s1. The number of nitrogens with zero attached hydrogens (tertiary/aromatic N) is 3. The van der Waals surface area contributed by atoms with Crippen LogP contribution in [0.15, 0.2) is 54.7 Å². The predicted octanol–water partition coefficient (Wildman–Crippen LogP) is 7.09. The molecule has 3 fully saturated rings. The van der Waals surface area contributed by atoms with Crippen LogP contribution in [0.4, 0.5) is 9.59 Å². The smallest absolute Gasteiger partial charge is 0.407 e. The molecule has 3 aliphatic heterocycles. The number of likely N-dealkylation sites (tertiary alicyclic amines) is 2. The number of imidazole rings is 1. The Bertz CT molecular complexity index is 2170.